The Bertz CT molecular complexity index is 2020. The molecule has 0 fully saturated rings. The molecule has 0 heterocycles. The number of halogens is 2. The summed E-state index contributed by atoms with van der Waals surface area (Å²) in [5, 5.41) is 0. The number of rotatable bonds is 6. The third-order valence-electron chi connectivity index (χ3n) is 8.87. The molecule has 8 rings (SSSR count). The molecule has 2 aliphatic rings. The van der Waals surface area contributed by atoms with Gasteiger partial charge in [-0.15, -0.1) is 0 Å². The van der Waals surface area contributed by atoms with Crippen molar-refractivity contribution in [2.24, 2.45) is 0 Å². The van der Waals surface area contributed by atoms with E-state index >= 15 is 0 Å². The molecule has 1 unspecified atom stereocenters. The number of allylic oxidation sites excluding steroid dienone is 4. The van der Waals surface area contributed by atoms with E-state index in [9.17, 15) is 0 Å². The summed E-state index contributed by atoms with van der Waals surface area (Å²) in [5.41, 5.74) is 16.7. The van der Waals surface area contributed by atoms with Crippen molar-refractivity contribution < 1.29 is 47.6 Å². The second kappa shape index (κ2) is 14.3. The predicted molar refractivity (Wildman–Crippen MR) is 182 cm³/mol. The summed E-state index contributed by atoms with van der Waals surface area (Å²) in [5.74, 6) is 0. The molecular weight excluding hydrogens is 679 g/mol. The Morgan fingerprint density at radius 1 is 0.522 bits per heavy atom. The van der Waals surface area contributed by atoms with Gasteiger partial charge < -0.3 is 24.8 Å². The van der Waals surface area contributed by atoms with Crippen LogP contribution in [0.25, 0.3) is 39.0 Å². The quantitative estimate of drug-likeness (QED) is 0.234. The van der Waals surface area contributed by atoms with E-state index < -0.39 is 22.8 Å². The van der Waals surface area contributed by atoms with Gasteiger partial charge in [0, 0.05) is 0 Å². The number of benzene rings is 6. The Hall–Kier alpha value is -3.87. The van der Waals surface area contributed by atoms with Crippen LogP contribution in [-0.4, -0.2) is 3.21 Å². The number of hydrogen-bond donors (Lipinski definition) is 0. The van der Waals surface area contributed by atoms with Crippen molar-refractivity contribution in [3.8, 4) is 33.4 Å². The third-order valence-corrected chi connectivity index (χ3v) is 13.2. The van der Waals surface area contributed by atoms with Crippen LogP contribution in [0, 0.1) is 0 Å². The molecule has 3 heteroatoms. The SMILES string of the molecule is C1=CCC(c2c(-c3ccccc3)cc(-c3ccccc3)c3c2[CH]([Zr+2]=[C](c2ccccc2)c2ccccc2)c2ccccc2-3)=C1.[Cl-].[Cl-]. The molecule has 6 aromatic carbocycles. The second-order valence-electron chi connectivity index (χ2n) is 11.5. The molecule has 0 aliphatic heterocycles. The summed E-state index contributed by atoms with van der Waals surface area (Å²) < 4.78 is 1.93. The van der Waals surface area contributed by atoms with Crippen LogP contribution in [0.5, 0.6) is 0 Å². The first-order chi connectivity index (χ1) is 21.9. The van der Waals surface area contributed by atoms with E-state index in [1.165, 1.54) is 66.8 Å². The van der Waals surface area contributed by atoms with Crippen molar-refractivity contribution in [1.29, 1.82) is 0 Å². The van der Waals surface area contributed by atoms with E-state index in [0.29, 0.717) is 3.63 Å². The van der Waals surface area contributed by atoms with E-state index in [2.05, 4.69) is 170 Å². The summed E-state index contributed by atoms with van der Waals surface area (Å²) >= 11 is -1.29. The largest absolute Gasteiger partial charge is 1.00 e. The van der Waals surface area contributed by atoms with Gasteiger partial charge in [-0.05, 0) is 0 Å². The van der Waals surface area contributed by atoms with Crippen molar-refractivity contribution in [2.45, 2.75) is 10.0 Å². The molecule has 0 spiro atoms. The Kier molecular flexibility index (Phi) is 9.96. The van der Waals surface area contributed by atoms with E-state index in [0.717, 1.165) is 6.42 Å². The van der Waals surface area contributed by atoms with Gasteiger partial charge in [0.05, 0.1) is 0 Å². The number of hydrogen-bond acceptors (Lipinski definition) is 0. The van der Waals surface area contributed by atoms with E-state index in [4.69, 9.17) is 0 Å². The third kappa shape index (κ3) is 5.89. The van der Waals surface area contributed by atoms with Gasteiger partial charge in [0.2, 0.25) is 0 Å². The molecule has 2 aliphatic carbocycles. The molecule has 0 bridgehead atoms. The maximum atomic E-state index is 2.49. The summed E-state index contributed by atoms with van der Waals surface area (Å²) in [6.07, 6.45) is 7.88. The van der Waals surface area contributed by atoms with Gasteiger partial charge in [-0.2, -0.15) is 0 Å². The first-order valence-corrected chi connectivity index (χ1v) is 18.0. The molecule has 46 heavy (non-hydrogen) atoms. The molecular formula is C43H31Cl2Zr. The fourth-order valence-electron chi connectivity index (χ4n) is 6.92. The second-order valence-corrected chi connectivity index (χ2v) is 14.8. The van der Waals surface area contributed by atoms with Gasteiger partial charge in [-0.3, -0.25) is 0 Å². The standard InChI is InChI=1S/C30H21.C13H10.2ClH.Zr/c1-3-11-21(12-4-1)26-20-27(22-13-5-2-6-14-22)30-25-18-10-9-17-24(25)19-28(30)29(26)23-15-7-8-16-23;1-3-7-12(8-4-1)11-13-9-5-2-6-10-13;;;/h1-15,17-20H,16H2;1-10H;2*1H;/q;;;;+2/p-2. The zero-order valence-electron chi connectivity index (χ0n) is 25.2. The van der Waals surface area contributed by atoms with Gasteiger partial charge in [0.1, 0.15) is 0 Å². The zero-order chi connectivity index (χ0) is 29.3. The first kappa shape index (κ1) is 32.1. The smallest absolute Gasteiger partial charge is 1.00 e. The summed E-state index contributed by atoms with van der Waals surface area (Å²) in [4.78, 5) is 0. The molecule has 0 radical (unpaired) electrons. The fourth-order valence-corrected chi connectivity index (χ4v) is 11.3. The summed E-state index contributed by atoms with van der Waals surface area (Å²) in [7, 11) is 0. The minimum Gasteiger partial charge on any atom is -1.00 e. The van der Waals surface area contributed by atoms with E-state index in [1.807, 2.05) is 0 Å². The van der Waals surface area contributed by atoms with E-state index in [-0.39, 0.29) is 24.8 Å². The van der Waals surface area contributed by atoms with Gasteiger partial charge in [-0.1, -0.05) is 0 Å². The molecule has 0 amide bonds. The molecule has 0 saturated carbocycles. The van der Waals surface area contributed by atoms with Crippen LogP contribution in [-0.2, 0) is 22.8 Å². The average Bonchev–Trinajstić information content (AvgIpc) is 3.75. The first-order valence-electron chi connectivity index (χ1n) is 15.4. The number of fused-ring (bicyclic) bond motifs is 3. The van der Waals surface area contributed by atoms with Gasteiger partial charge in [0.25, 0.3) is 0 Å². The van der Waals surface area contributed by atoms with Crippen molar-refractivity contribution in [3.05, 3.63) is 198 Å². The van der Waals surface area contributed by atoms with Gasteiger partial charge >= 0.3 is 273 Å². The van der Waals surface area contributed by atoms with Crippen LogP contribution < -0.4 is 24.8 Å². The Morgan fingerprint density at radius 2 is 1.02 bits per heavy atom. The molecule has 221 valence electrons. The molecule has 0 aromatic heterocycles. The van der Waals surface area contributed by atoms with Crippen LogP contribution in [0.3, 0.4) is 0 Å². The summed E-state index contributed by atoms with van der Waals surface area (Å²) in [6, 6.07) is 56.1. The van der Waals surface area contributed by atoms with Crippen LogP contribution in [0.2, 0.25) is 0 Å². The van der Waals surface area contributed by atoms with Crippen LogP contribution >= 0.6 is 0 Å². The van der Waals surface area contributed by atoms with Crippen molar-refractivity contribution >= 4 is 8.78 Å². The topological polar surface area (TPSA) is 0 Å². The molecule has 1 atom stereocenters. The maximum Gasteiger partial charge on any atom is -1.00 e. The Balaban J connectivity index is 0.00000186. The van der Waals surface area contributed by atoms with Crippen molar-refractivity contribution in [3.63, 3.8) is 0 Å². The fraction of sp³-hybridized carbons (Fsp3) is 0.0465. The van der Waals surface area contributed by atoms with Crippen molar-refractivity contribution in [2.75, 3.05) is 0 Å². The summed E-state index contributed by atoms with van der Waals surface area (Å²) in [6.45, 7) is 0. The maximum absolute atomic E-state index is 2.49. The van der Waals surface area contributed by atoms with Crippen molar-refractivity contribution in [1.82, 2.24) is 0 Å². The molecule has 6 aromatic rings. The zero-order valence-corrected chi connectivity index (χ0v) is 29.2. The molecule has 0 N–H and O–H groups in total. The monoisotopic (exact) mass is 707 g/mol. The Labute approximate surface area is 295 Å². The average molecular weight is 710 g/mol. The molecule has 0 nitrogen and oxygen atoms in total. The Morgan fingerprint density at radius 3 is 1.57 bits per heavy atom. The van der Waals surface area contributed by atoms with E-state index in [1.54, 1.807) is 3.21 Å². The van der Waals surface area contributed by atoms with Gasteiger partial charge in [0.15, 0.2) is 0 Å². The minimum absolute atomic E-state index is 0. The van der Waals surface area contributed by atoms with Gasteiger partial charge in [-0.25, -0.2) is 0 Å². The minimum atomic E-state index is -1.29. The normalized spacial score (nSPS) is 13.8. The van der Waals surface area contributed by atoms with Crippen LogP contribution in [0.4, 0.5) is 0 Å². The van der Waals surface area contributed by atoms with Crippen LogP contribution in [0.1, 0.15) is 37.9 Å². The molecule has 0 saturated heterocycles. The van der Waals surface area contributed by atoms with Crippen LogP contribution in [0.15, 0.2) is 170 Å². The predicted octanol–water partition coefficient (Wildman–Crippen LogP) is 4.79.